The first-order valence-corrected chi connectivity index (χ1v) is 4.29. The van der Waals surface area contributed by atoms with Crippen molar-refractivity contribution in [2.24, 2.45) is 5.92 Å². The van der Waals surface area contributed by atoms with Crippen LogP contribution in [-0.2, 0) is 4.79 Å². The lowest BCUT2D eigenvalue weighted by atomic mass is 10.1. The Bertz CT molecular complexity index is 134. The van der Waals surface area contributed by atoms with E-state index >= 15 is 0 Å². The highest BCUT2D eigenvalue weighted by Crippen LogP contribution is 2.00. The summed E-state index contributed by atoms with van der Waals surface area (Å²) in [7, 11) is 0. The summed E-state index contributed by atoms with van der Waals surface area (Å²) in [4.78, 5) is 10.5. The molecule has 0 aliphatic carbocycles. The highest BCUT2D eigenvalue weighted by atomic mass is 16.1. The van der Waals surface area contributed by atoms with Crippen molar-refractivity contribution < 1.29 is 4.79 Å². The van der Waals surface area contributed by atoms with Gasteiger partial charge in [0.05, 0.1) is 0 Å². The van der Waals surface area contributed by atoms with Gasteiger partial charge in [0, 0.05) is 6.42 Å². The molecule has 0 saturated carbocycles. The molecule has 0 saturated heterocycles. The van der Waals surface area contributed by atoms with E-state index in [1.54, 1.807) is 6.92 Å². The molecule has 0 aromatic heterocycles. The number of carbonyl (C=O) groups is 1. The minimum atomic E-state index is 0.294. The molecule has 0 bridgehead atoms. The van der Waals surface area contributed by atoms with Crippen molar-refractivity contribution in [1.82, 2.24) is 0 Å². The number of Topliss-reactive ketones (excluding diaryl/α,β-unsaturated/α-hetero) is 1. The van der Waals surface area contributed by atoms with E-state index in [1.807, 2.05) is 0 Å². The van der Waals surface area contributed by atoms with Crippen LogP contribution in [0.4, 0.5) is 0 Å². The van der Waals surface area contributed by atoms with E-state index in [0.29, 0.717) is 11.7 Å². The summed E-state index contributed by atoms with van der Waals surface area (Å²) in [6.07, 6.45) is 7.10. The van der Waals surface area contributed by atoms with Crippen LogP contribution in [-0.4, -0.2) is 5.78 Å². The highest BCUT2D eigenvalue weighted by Gasteiger charge is 1.90. The van der Waals surface area contributed by atoms with E-state index in [0.717, 1.165) is 19.3 Å². The molecule has 0 radical (unpaired) electrons. The zero-order valence-corrected chi connectivity index (χ0v) is 7.76. The molecule has 11 heavy (non-hydrogen) atoms. The van der Waals surface area contributed by atoms with Crippen LogP contribution in [0.1, 0.15) is 40.0 Å². The van der Waals surface area contributed by atoms with E-state index in [9.17, 15) is 4.79 Å². The minimum absolute atomic E-state index is 0.294. The number of hydrogen-bond donors (Lipinski definition) is 0. The minimum Gasteiger partial charge on any atom is -0.300 e. The third kappa shape index (κ3) is 9.41. The molecule has 0 heterocycles. The van der Waals surface area contributed by atoms with Gasteiger partial charge in [0.25, 0.3) is 0 Å². The Morgan fingerprint density at radius 3 is 2.55 bits per heavy atom. The van der Waals surface area contributed by atoms with Gasteiger partial charge in [0.2, 0.25) is 0 Å². The monoisotopic (exact) mass is 154 g/mol. The van der Waals surface area contributed by atoms with Crippen LogP contribution in [0.25, 0.3) is 0 Å². The first kappa shape index (κ1) is 10.4. The molecule has 0 rings (SSSR count). The lowest BCUT2D eigenvalue weighted by molar-refractivity contribution is -0.117. The topological polar surface area (TPSA) is 17.1 Å². The molecule has 0 N–H and O–H groups in total. The van der Waals surface area contributed by atoms with Gasteiger partial charge in [0.1, 0.15) is 5.78 Å². The van der Waals surface area contributed by atoms with Gasteiger partial charge in [-0.2, -0.15) is 0 Å². The third-order valence-electron chi connectivity index (χ3n) is 1.42. The van der Waals surface area contributed by atoms with Gasteiger partial charge < -0.3 is 4.79 Å². The van der Waals surface area contributed by atoms with Gasteiger partial charge in [-0.15, -0.1) is 0 Å². The van der Waals surface area contributed by atoms with Crippen molar-refractivity contribution in [1.29, 1.82) is 0 Å². The maximum Gasteiger partial charge on any atom is 0.129 e. The van der Waals surface area contributed by atoms with Crippen LogP contribution < -0.4 is 0 Å². The summed E-state index contributed by atoms with van der Waals surface area (Å²) in [6.45, 7) is 5.95. The van der Waals surface area contributed by atoms with Crippen LogP contribution >= 0.6 is 0 Å². The maximum atomic E-state index is 10.5. The number of carbonyl (C=O) groups excluding carboxylic acids is 1. The Morgan fingerprint density at radius 1 is 1.45 bits per heavy atom. The van der Waals surface area contributed by atoms with Crippen molar-refractivity contribution in [3.63, 3.8) is 0 Å². The number of unbranched alkanes of at least 4 members (excludes halogenated alkanes) is 1. The molecule has 0 aliphatic rings. The second kappa shape index (κ2) is 6.14. The van der Waals surface area contributed by atoms with Gasteiger partial charge in [-0.1, -0.05) is 26.0 Å². The lowest BCUT2D eigenvalue weighted by Gasteiger charge is -1.94. The van der Waals surface area contributed by atoms with Crippen molar-refractivity contribution >= 4 is 5.78 Å². The fourth-order valence-electron chi connectivity index (χ4n) is 0.837. The van der Waals surface area contributed by atoms with Gasteiger partial charge in [-0.25, -0.2) is 0 Å². The fourth-order valence-corrected chi connectivity index (χ4v) is 0.837. The smallest absolute Gasteiger partial charge is 0.129 e. The van der Waals surface area contributed by atoms with Crippen LogP contribution in [0.5, 0.6) is 0 Å². The zero-order chi connectivity index (χ0) is 8.69. The second-order valence-corrected chi connectivity index (χ2v) is 3.27. The average Bonchev–Trinajstić information content (AvgIpc) is 1.85. The Labute approximate surface area is 69.5 Å². The lowest BCUT2D eigenvalue weighted by Crippen LogP contribution is -1.87. The molecule has 0 spiro atoms. The largest absolute Gasteiger partial charge is 0.300 e. The quantitative estimate of drug-likeness (QED) is 0.439. The van der Waals surface area contributed by atoms with E-state index < -0.39 is 0 Å². The van der Waals surface area contributed by atoms with Gasteiger partial charge in [0.15, 0.2) is 0 Å². The van der Waals surface area contributed by atoms with Crippen LogP contribution in [0, 0.1) is 5.92 Å². The van der Waals surface area contributed by atoms with E-state index in [1.165, 1.54) is 0 Å². The number of allylic oxidation sites excluding steroid dienone is 2. The Kier molecular flexibility index (Phi) is 5.81. The molecule has 64 valence electrons. The molecule has 0 aliphatic heterocycles. The van der Waals surface area contributed by atoms with Gasteiger partial charge >= 0.3 is 0 Å². The Morgan fingerprint density at radius 2 is 2.09 bits per heavy atom. The van der Waals surface area contributed by atoms with Crippen LogP contribution in [0.2, 0.25) is 0 Å². The van der Waals surface area contributed by atoms with Crippen molar-refractivity contribution in [3.8, 4) is 0 Å². The summed E-state index contributed by atoms with van der Waals surface area (Å²) >= 11 is 0. The Hall–Kier alpha value is -0.590. The third-order valence-corrected chi connectivity index (χ3v) is 1.42. The fraction of sp³-hybridized carbons (Fsp3) is 0.700. The SMILES string of the molecule is CC(=O)CCC/C=C/C(C)C. The molecular formula is C10H18O. The van der Waals surface area contributed by atoms with Crippen molar-refractivity contribution in [3.05, 3.63) is 12.2 Å². The molecular weight excluding hydrogens is 136 g/mol. The van der Waals surface area contributed by atoms with Gasteiger partial charge in [-0.3, -0.25) is 0 Å². The first-order valence-electron chi connectivity index (χ1n) is 4.29. The molecule has 0 aromatic carbocycles. The molecule has 0 unspecified atom stereocenters. The molecule has 0 amide bonds. The zero-order valence-electron chi connectivity index (χ0n) is 7.76. The molecule has 0 fully saturated rings. The van der Waals surface area contributed by atoms with E-state index in [-0.39, 0.29) is 0 Å². The summed E-state index contributed by atoms with van der Waals surface area (Å²) < 4.78 is 0. The van der Waals surface area contributed by atoms with Gasteiger partial charge in [-0.05, 0) is 25.7 Å². The van der Waals surface area contributed by atoms with Crippen molar-refractivity contribution in [2.75, 3.05) is 0 Å². The summed E-state index contributed by atoms with van der Waals surface area (Å²) in [6, 6.07) is 0. The van der Waals surface area contributed by atoms with E-state index in [2.05, 4.69) is 26.0 Å². The second-order valence-electron chi connectivity index (χ2n) is 3.27. The predicted octanol–water partition coefficient (Wildman–Crippen LogP) is 2.96. The summed E-state index contributed by atoms with van der Waals surface area (Å²) in [5, 5.41) is 0. The standard InChI is InChI=1S/C10H18O/c1-9(2)7-5-4-6-8-10(3)11/h5,7,9H,4,6,8H2,1-3H3/b7-5+. The highest BCUT2D eigenvalue weighted by molar-refractivity contribution is 5.75. The summed E-state index contributed by atoms with van der Waals surface area (Å²) in [5.41, 5.74) is 0. The maximum absolute atomic E-state index is 10.5. The molecule has 1 nitrogen and oxygen atoms in total. The molecule has 1 heteroatoms. The number of ketones is 1. The molecule has 0 aromatic rings. The number of rotatable bonds is 5. The average molecular weight is 154 g/mol. The van der Waals surface area contributed by atoms with Crippen LogP contribution in [0.15, 0.2) is 12.2 Å². The predicted molar refractivity (Wildman–Crippen MR) is 48.5 cm³/mol. The van der Waals surface area contributed by atoms with Crippen molar-refractivity contribution in [2.45, 2.75) is 40.0 Å². The normalized spacial score (nSPS) is 11.3. The number of hydrogen-bond acceptors (Lipinski definition) is 1. The molecule has 0 atom stereocenters. The summed E-state index contributed by atoms with van der Waals surface area (Å²) in [5.74, 6) is 0.926. The Balaban J connectivity index is 3.20. The van der Waals surface area contributed by atoms with Crippen LogP contribution in [0.3, 0.4) is 0 Å². The van der Waals surface area contributed by atoms with E-state index in [4.69, 9.17) is 0 Å². The first-order chi connectivity index (χ1) is 5.13.